The maximum Gasteiger partial charge on any atom is 0.0143 e. The predicted octanol–water partition coefficient (Wildman–Crippen LogP) is 13.4. The van der Waals surface area contributed by atoms with Crippen LogP contribution in [0.1, 0.15) is 0 Å². The summed E-state index contributed by atoms with van der Waals surface area (Å²) in [6.45, 7) is 0. The lowest BCUT2D eigenvalue weighted by Crippen LogP contribution is -2.00. The van der Waals surface area contributed by atoms with Crippen molar-refractivity contribution in [3.05, 3.63) is 104 Å². The van der Waals surface area contributed by atoms with E-state index in [9.17, 15) is 0 Å². The third-order valence-corrected chi connectivity index (χ3v) is 12.5. The molecule has 0 radical (unpaired) electrons. The smallest absolute Gasteiger partial charge is 0.0143 e. The zero-order valence-corrected chi connectivity index (χ0v) is 27.3. The second-order valence-corrected chi connectivity index (χ2v) is 15.4. The minimum atomic E-state index is 1.29. The molecule has 0 spiro atoms. The molecule has 0 atom stereocenters. The predicted molar refractivity (Wildman–Crippen MR) is 209 cm³/mol. The average Bonchev–Trinajstić information content (AvgIpc) is 3.05. The Labute approximate surface area is 276 Å². The number of hydrogen-bond donors (Lipinski definition) is 0. The van der Waals surface area contributed by atoms with Crippen LogP contribution in [0.25, 0.3) is 129 Å². The summed E-state index contributed by atoms with van der Waals surface area (Å²) in [6, 6.07) is 37.9. The molecule has 13 aromatic rings. The van der Waals surface area contributed by atoms with Gasteiger partial charge in [0.2, 0.25) is 0 Å². The van der Waals surface area contributed by atoms with Crippen molar-refractivity contribution in [1.82, 2.24) is 0 Å². The Kier molecular flexibility index (Phi) is 3.56. The molecule has 2 heteroatoms. The molecule has 198 valence electrons. The molecule has 0 heterocycles. The highest BCUT2D eigenvalue weighted by atomic mass is 127. The Balaban J connectivity index is 1.63. The van der Waals surface area contributed by atoms with Gasteiger partial charge in [0.15, 0.2) is 0 Å². The van der Waals surface area contributed by atoms with Gasteiger partial charge in [-0.2, -0.15) is 0 Å². The van der Waals surface area contributed by atoms with Crippen LogP contribution in [0.2, 0.25) is 0 Å². The maximum atomic E-state index is 2.54. The Morgan fingerprint density at radius 3 is 0.636 bits per heavy atom. The number of halogens is 2. The average molecular weight is 774 g/mol. The topological polar surface area (TPSA) is 0 Å². The Morgan fingerprint density at radius 1 is 0.227 bits per heavy atom. The van der Waals surface area contributed by atoms with Gasteiger partial charge in [-0.25, -0.2) is 0 Å². The molecule has 13 rings (SSSR count). The first-order valence-electron chi connectivity index (χ1n) is 15.2. The summed E-state index contributed by atoms with van der Waals surface area (Å²) in [5.41, 5.74) is 0. The summed E-state index contributed by atoms with van der Waals surface area (Å²) in [7, 11) is 0. The molecule has 0 aliphatic heterocycles. The Hall–Kier alpha value is -4.00. The molecule has 0 amide bonds. The molecule has 0 N–H and O–H groups in total. The maximum absolute atomic E-state index is 2.54. The largest absolute Gasteiger partial charge is 0.0610 e. The van der Waals surface area contributed by atoms with E-state index in [-0.39, 0.29) is 0 Å². The van der Waals surface area contributed by atoms with E-state index in [4.69, 9.17) is 0 Å². The zero-order valence-electron chi connectivity index (χ0n) is 23.0. The molecule has 0 nitrogen and oxygen atoms in total. The highest BCUT2D eigenvalue weighted by molar-refractivity contribution is 14.1. The van der Waals surface area contributed by atoms with Crippen LogP contribution in [-0.4, -0.2) is 0 Å². The lowest BCUT2D eigenvalue weighted by Gasteiger charge is -2.29. The lowest BCUT2D eigenvalue weighted by molar-refractivity contribution is 1.77. The highest BCUT2D eigenvalue weighted by Gasteiger charge is 2.31. The minimum absolute atomic E-state index is 1.29. The van der Waals surface area contributed by atoms with E-state index in [1.54, 1.807) is 0 Å². The van der Waals surface area contributed by atoms with Crippen molar-refractivity contribution in [3.63, 3.8) is 0 Å². The highest BCUT2D eigenvalue weighted by Crippen LogP contribution is 2.60. The van der Waals surface area contributed by atoms with Gasteiger partial charge in [0, 0.05) is 7.14 Å². The van der Waals surface area contributed by atoms with Crippen molar-refractivity contribution in [1.29, 1.82) is 0 Å². The van der Waals surface area contributed by atoms with E-state index in [0.29, 0.717) is 0 Å². The van der Waals surface area contributed by atoms with Gasteiger partial charge in [-0.05, 0) is 199 Å². The van der Waals surface area contributed by atoms with E-state index >= 15 is 0 Å². The van der Waals surface area contributed by atoms with Gasteiger partial charge in [-0.1, -0.05) is 72.8 Å². The van der Waals surface area contributed by atoms with Crippen molar-refractivity contribution in [2.45, 2.75) is 0 Å². The van der Waals surface area contributed by atoms with Crippen molar-refractivity contribution in [3.8, 4) is 0 Å². The molecule has 44 heavy (non-hydrogen) atoms. The summed E-state index contributed by atoms with van der Waals surface area (Å²) < 4.78 is 2.59. The second-order valence-electron chi connectivity index (χ2n) is 12.9. The van der Waals surface area contributed by atoms with Gasteiger partial charge < -0.3 is 0 Å². The number of hydrogen-bond acceptors (Lipinski definition) is 0. The van der Waals surface area contributed by atoms with Crippen molar-refractivity contribution >= 4 is 174 Å². The monoisotopic (exact) mass is 774 g/mol. The molecule has 0 unspecified atom stereocenters. The van der Waals surface area contributed by atoms with E-state index in [1.165, 1.54) is 136 Å². The standard InChI is InChI=1S/C42H16I2/c43-17-13-27-23-9-1-5-19-20-6-2-10-24-29-15-18(44)16-30-26-12-4-8-22-21-7-3-11-25-28(14-17)35(27)41-37(31(19)23)38(32(20)24)42(36(29)30)40(34(22)26)39(41)33(21)25/h1-16H. The van der Waals surface area contributed by atoms with Crippen LogP contribution < -0.4 is 0 Å². The van der Waals surface area contributed by atoms with E-state index in [0.717, 1.165) is 0 Å². The summed E-state index contributed by atoms with van der Waals surface area (Å²) in [4.78, 5) is 0. The molecular formula is C42H16I2. The van der Waals surface area contributed by atoms with E-state index in [2.05, 4.69) is 142 Å². The summed E-state index contributed by atoms with van der Waals surface area (Å²) >= 11 is 5.08. The normalized spacial score (nSPS) is 13.7. The molecule has 0 fully saturated rings. The van der Waals surface area contributed by atoms with Gasteiger partial charge in [0.05, 0.1) is 0 Å². The molecule has 0 saturated heterocycles. The fourth-order valence-electron chi connectivity index (χ4n) is 9.93. The molecular weight excluding hydrogens is 758 g/mol. The lowest BCUT2D eigenvalue weighted by atomic mass is 9.73. The van der Waals surface area contributed by atoms with Crippen LogP contribution in [0.15, 0.2) is 97.1 Å². The fraction of sp³-hybridized carbons (Fsp3) is 0. The van der Waals surface area contributed by atoms with Crippen LogP contribution in [0.3, 0.4) is 0 Å². The van der Waals surface area contributed by atoms with Crippen molar-refractivity contribution in [2.75, 3.05) is 0 Å². The molecule has 0 aliphatic rings. The molecule has 13 aromatic carbocycles. The summed E-state index contributed by atoms with van der Waals surface area (Å²) in [5.74, 6) is 0. The first-order chi connectivity index (χ1) is 21.7. The number of benzene rings is 13. The molecule has 0 bridgehead atoms. The van der Waals surface area contributed by atoms with Gasteiger partial charge in [-0.15, -0.1) is 0 Å². The quantitative estimate of drug-likeness (QED) is 0.0818. The van der Waals surface area contributed by atoms with Crippen LogP contribution in [-0.2, 0) is 0 Å². The van der Waals surface area contributed by atoms with Gasteiger partial charge in [0.25, 0.3) is 0 Å². The number of fused-ring (bicyclic) bond motifs is 6. The van der Waals surface area contributed by atoms with Gasteiger partial charge >= 0.3 is 0 Å². The van der Waals surface area contributed by atoms with Gasteiger partial charge in [-0.3, -0.25) is 0 Å². The fourth-order valence-corrected chi connectivity index (χ4v) is 11.2. The third kappa shape index (κ3) is 2.14. The van der Waals surface area contributed by atoms with E-state index in [1.807, 2.05) is 0 Å². The molecule has 0 aromatic heterocycles. The van der Waals surface area contributed by atoms with Crippen LogP contribution in [0, 0.1) is 7.14 Å². The Morgan fingerprint density at radius 2 is 0.409 bits per heavy atom. The first kappa shape index (κ1) is 22.5. The van der Waals surface area contributed by atoms with Gasteiger partial charge in [0.1, 0.15) is 0 Å². The van der Waals surface area contributed by atoms with E-state index < -0.39 is 0 Å². The summed E-state index contributed by atoms with van der Waals surface area (Å²) in [5, 5.41) is 34.0. The van der Waals surface area contributed by atoms with Crippen molar-refractivity contribution < 1.29 is 0 Å². The SMILES string of the molecule is Ic1cc2c3cccc4c5cccc6c7cc(I)cc8c9cccc%10c%11cccc%12c(c1)c2c1c(c43)c(c56)c(c78)c(c%109)c1c%11%12. The molecule has 0 aliphatic carbocycles. The first-order valence-corrected chi connectivity index (χ1v) is 17.3. The molecule has 0 saturated carbocycles. The number of rotatable bonds is 0. The zero-order chi connectivity index (χ0) is 28.3. The second kappa shape index (κ2) is 6.95. The van der Waals surface area contributed by atoms with Crippen LogP contribution >= 0.6 is 45.2 Å². The van der Waals surface area contributed by atoms with Crippen LogP contribution in [0.4, 0.5) is 0 Å². The summed E-state index contributed by atoms with van der Waals surface area (Å²) in [6.07, 6.45) is 0. The van der Waals surface area contributed by atoms with Crippen LogP contribution in [0.5, 0.6) is 0 Å². The Bertz CT molecular complexity index is 2940. The third-order valence-electron chi connectivity index (χ3n) is 11.2. The van der Waals surface area contributed by atoms with Crippen molar-refractivity contribution in [2.24, 2.45) is 0 Å². The minimum Gasteiger partial charge on any atom is -0.0610 e.